The number of carbonyl (C=O) groups excluding carboxylic acids is 1. The second kappa shape index (κ2) is 7.06. The number of aryl methyl sites for hydroxylation is 2. The van der Waals surface area contributed by atoms with E-state index in [2.05, 4.69) is 10.4 Å². The van der Waals surface area contributed by atoms with Crippen molar-refractivity contribution in [2.24, 2.45) is 0 Å². The number of nitrogens with one attached hydrogen (secondary N) is 1. The first-order valence-electron chi connectivity index (χ1n) is 6.06. The van der Waals surface area contributed by atoms with Crippen molar-refractivity contribution >= 4 is 5.97 Å². The Balaban J connectivity index is 2.46. The highest BCUT2D eigenvalue weighted by Crippen LogP contribution is 2.01. The normalized spacial score (nSPS) is 12.4. The molecule has 1 unspecified atom stereocenters. The first-order chi connectivity index (χ1) is 8.17. The molecule has 0 fully saturated rings. The summed E-state index contributed by atoms with van der Waals surface area (Å²) in [6, 6.07) is -0.246. The molecule has 1 aromatic rings. The predicted octanol–water partition coefficient (Wildman–Crippen LogP) is 1.12. The van der Waals surface area contributed by atoms with Gasteiger partial charge in [0.25, 0.3) is 0 Å². The van der Waals surface area contributed by atoms with E-state index in [-0.39, 0.29) is 12.0 Å². The summed E-state index contributed by atoms with van der Waals surface area (Å²) in [5.41, 5.74) is 1.13. The monoisotopic (exact) mass is 239 g/mol. The van der Waals surface area contributed by atoms with Crippen molar-refractivity contribution in [1.29, 1.82) is 0 Å². The summed E-state index contributed by atoms with van der Waals surface area (Å²) in [7, 11) is 0. The highest BCUT2D eigenvalue weighted by molar-refractivity contribution is 5.75. The molecule has 1 aromatic heterocycles. The Bertz CT molecular complexity index is 349. The Labute approximate surface area is 102 Å². The van der Waals surface area contributed by atoms with Gasteiger partial charge in [-0.15, -0.1) is 0 Å². The van der Waals surface area contributed by atoms with Crippen molar-refractivity contribution in [3.05, 3.63) is 18.0 Å². The van der Waals surface area contributed by atoms with Crippen molar-refractivity contribution in [3.8, 4) is 0 Å². The maximum Gasteiger partial charge on any atom is 0.323 e. The molecule has 0 saturated heterocycles. The molecule has 1 rings (SSSR count). The quantitative estimate of drug-likeness (QED) is 0.724. The van der Waals surface area contributed by atoms with Crippen LogP contribution in [-0.4, -0.2) is 34.9 Å². The van der Waals surface area contributed by atoms with Crippen molar-refractivity contribution in [1.82, 2.24) is 15.1 Å². The van der Waals surface area contributed by atoms with Gasteiger partial charge in [-0.3, -0.25) is 9.48 Å². The van der Waals surface area contributed by atoms with Gasteiger partial charge in [0.2, 0.25) is 0 Å². The van der Waals surface area contributed by atoms with Crippen molar-refractivity contribution in [3.63, 3.8) is 0 Å². The van der Waals surface area contributed by atoms with E-state index in [1.54, 1.807) is 0 Å². The van der Waals surface area contributed by atoms with E-state index in [1.807, 2.05) is 37.8 Å². The molecule has 0 aliphatic carbocycles. The van der Waals surface area contributed by atoms with Crippen LogP contribution in [0, 0.1) is 6.92 Å². The average molecular weight is 239 g/mol. The van der Waals surface area contributed by atoms with Crippen LogP contribution in [0.3, 0.4) is 0 Å². The maximum atomic E-state index is 11.6. The molecule has 17 heavy (non-hydrogen) atoms. The fourth-order valence-corrected chi connectivity index (χ4v) is 1.64. The molecule has 1 N–H and O–H groups in total. The molecule has 5 heteroatoms. The zero-order chi connectivity index (χ0) is 12.7. The van der Waals surface area contributed by atoms with Crippen LogP contribution >= 0.6 is 0 Å². The van der Waals surface area contributed by atoms with Gasteiger partial charge in [0, 0.05) is 12.7 Å². The van der Waals surface area contributed by atoms with Gasteiger partial charge in [0.05, 0.1) is 12.8 Å². The predicted molar refractivity (Wildman–Crippen MR) is 65.7 cm³/mol. The topological polar surface area (TPSA) is 56.2 Å². The van der Waals surface area contributed by atoms with Gasteiger partial charge in [0.1, 0.15) is 6.04 Å². The van der Waals surface area contributed by atoms with Crippen molar-refractivity contribution in [2.45, 2.75) is 39.8 Å². The van der Waals surface area contributed by atoms with E-state index in [9.17, 15) is 4.79 Å². The van der Waals surface area contributed by atoms with Gasteiger partial charge in [-0.1, -0.05) is 6.92 Å². The molecule has 96 valence electrons. The maximum absolute atomic E-state index is 11.6. The minimum Gasteiger partial charge on any atom is -0.465 e. The van der Waals surface area contributed by atoms with Crippen LogP contribution in [0.4, 0.5) is 0 Å². The van der Waals surface area contributed by atoms with Crippen LogP contribution in [0.25, 0.3) is 0 Å². The number of esters is 1. The van der Waals surface area contributed by atoms with Crippen LogP contribution in [0.5, 0.6) is 0 Å². The zero-order valence-electron chi connectivity index (χ0n) is 10.8. The van der Waals surface area contributed by atoms with E-state index in [1.165, 1.54) is 0 Å². The third-order valence-corrected chi connectivity index (χ3v) is 2.43. The summed E-state index contributed by atoms with van der Waals surface area (Å²) < 4.78 is 6.87. The number of rotatable bonds is 7. The summed E-state index contributed by atoms with van der Waals surface area (Å²) in [6.45, 7) is 7.67. The lowest BCUT2D eigenvalue weighted by molar-refractivity contribution is -0.145. The molecule has 0 aliphatic heterocycles. The second-order valence-electron chi connectivity index (χ2n) is 3.93. The Hall–Kier alpha value is -1.36. The molecule has 0 aliphatic rings. The number of carbonyl (C=O) groups is 1. The summed E-state index contributed by atoms with van der Waals surface area (Å²) in [4.78, 5) is 11.6. The second-order valence-corrected chi connectivity index (χ2v) is 3.93. The Morgan fingerprint density at radius 1 is 1.59 bits per heavy atom. The van der Waals surface area contributed by atoms with Crippen LogP contribution in [0.15, 0.2) is 12.4 Å². The first-order valence-corrected chi connectivity index (χ1v) is 6.06. The van der Waals surface area contributed by atoms with Crippen LogP contribution in [0.1, 0.15) is 25.8 Å². The lowest BCUT2D eigenvalue weighted by Gasteiger charge is -2.16. The fourth-order valence-electron chi connectivity index (χ4n) is 1.64. The van der Waals surface area contributed by atoms with Crippen LogP contribution in [0.2, 0.25) is 0 Å². The highest BCUT2D eigenvalue weighted by Gasteiger charge is 2.18. The molecule has 0 bridgehead atoms. The van der Waals surface area contributed by atoms with Gasteiger partial charge in [0.15, 0.2) is 0 Å². The minimum absolute atomic E-state index is 0.182. The summed E-state index contributed by atoms with van der Waals surface area (Å²) in [6.07, 6.45) is 4.47. The SMILES string of the molecule is CCNC(CCn1cc(C)cn1)C(=O)OCC. The molecule has 1 atom stereocenters. The highest BCUT2D eigenvalue weighted by atomic mass is 16.5. The molecule has 5 nitrogen and oxygen atoms in total. The van der Waals surface area contributed by atoms with E-state index in [0.29, 0.717) is 19.6 Å². The van der Waals surface area contributed by atoms with Gasteiger partial charge in [-0.2, -0.15) is 5.10 Å². The largest absolute Gasteiger partial charge is 0.465 e. The van der Waals surface area contributed by atoms with Gasteiger partial charge in [-0.05, 0) is 32.4 Å². The lowest BCUT2D eigenvalue weighted by atomic mass is 10.2. The molecule has 1 heterocycles. The number of likely N-dealkylation sites (N-methyl/N-ethyl adjacent to an activating group) is 1. The Morgan fingerprint density at radius 3 is 2.88 bits per heavy atom. The van der Waals surface area contributed by atoms with E-state index in [0.717, 1.165) is 12.1 Å². The zero-order valence-corrected chi connectivity index (χ0v) is 10.8. The third-order valence-electron chi connectivity index (χ3n) is 2.43. The summed E-state index contributed by atoms with van der Waals surface area (Å²) in [5, 5.41) is 7.32. The van der Waals surface area contributed by atoms with Crippen molar-refractivity contribution in [2.75, 3.05) is 13.2 Å². The smallest absolute Gasteiger partial charge is 0.323 e. The number of ether oxygens (including phenoxy) is 1. The minimum atomic E-state index is -0.246. The molecular weight excluding hydrogens is 218 g/mol. The number of nitrogens with zero attached hydrogens (tertiary/aromatic N) is 2. The van der Waals surface area contributed by atoms with Crippen molar-refractivity contribution < 1.29 is 9.53 Å². The lowest BCUT2D eigenvalue weighted by Crippen LogP contribution is -2.38. The van der Waals surface area contributed by atoms with Gasteiger partial charge in [-0.25, -0.2) is 0 Å². The molecule has 0 radical (unpaired) electrons. The van der Waals surface area contributed by atoms with E-state index in [4.69, 9.17) is 4.74 Å². The van der Waals surface area contributed by atoms with Crippen LogP contribution in [-0.2, 0) is 16.1 Å². The molecule has 0 saturated carbocycles. The summed E-state index contributed by atoms with van der Waals surface area (Å²) >= 11 is 0. The fraction of sp³-hybridized carbons (Fsp3) is 0.667. The summed E-state index contributed by atoms with van der Waals surface area (Å²) in [5.74, 6) is -0.182. The van der Waals surface area contributed by atoms with Gasteiger partial charge < -0.3 is 10.1 Å². The van der Waals surface area contributed by atoms with Gasteiger partial charge >= 0.3 is 5.97 Å². The van der Waals surface area contributed by atoms with E-state index >= 15 is 0 Å². The molecule has 0 spiro atoms. The number of hydrogen-bond acceptors (Lipinski definition) is 4. The molecule has 0 aromatic carbocycles. The Kier molecular flexibility index (Phi) is 5.69. The van der Waals surface area contributed by atoms with Crippen LogP contribution < -0.4 is 5.32 Å². The number of aromatic nitrogens is 2. The van der Waals surface area contributed by atoms with E-state index < -0.39 is 0 Å². The third kappa shape index (κ3) is 4.56. The molecule has 0 amide bonds. The first kappa shape index (κ1) is 13.7. The average Bonchev–Trinajstić information content (AvgIpc) is 2.70. The molecular formula is C12H21N3O2. The Morgan fingerprint density at radius 2 is 2.35 bits per heavy atom. The number of hydrogen-bond donors (Lipinski definition) is 1. The standard InChI is InChI=1S/C12H21N3O2/c1-4-13-11(12(16)17-5-2)6-7-15-9-10(3)8-14-15/h8-9,11,13H,4-7H2,1-3H3.